The first-order valence-electron chi connectivity index (χ1n) is 5.48. The second kappa shape index (κ2) is 6.06. The van der Waals surface area contributed by atoms with E-state index in [0.29, 0.717) is 13.2 Å². The van der Waals surface area contributed by atoms with Crippen molar-refractivity contribution in [1.29, 1.82) is 0 Å². The molecule has 1 rings (SSSR count). The van der Waals surface area contributed by atoms with Gasteiger partial charge in [-0.25, -0.2) is 0 Å². The fourth-order valence-corrected chi connectivity index (χ4v) is 1.76. The summed E-state index contributed by atoms with van der Waals surface area (Å²) in [5.74, 6) is 0. The van der Waals surface area contributed by atoms with Crippen molar-refractivity contribution in [2.45, 2.75) is 12.2 Å². The Labute approximate surface area is 104 Å². The fourth-order valence-electron chi connectivity index (χ4n) is 1.76. The summed E-state index contributed by atoms with van der Waals surface area (Å²) < 4.78 is 43.3. The van der Waals surface area contributed by atoms with E-state index in [4.69, 9.17) is 10.5 Å². The summed E-state index contributed by atoms with van der Waals surface area (Å²) in [5.41, 5.74) is 5.20. The lowest BCUT2D eigenvalue weighted by Crippen LogP contribution is -2.39. The predicted octanol–water partition coefficient (Wildman–Crippen LogP) is 2.12. The Morgan fingerprint density at radius 1 is 1.33 bits per heavy atom. The highest BCUT2D eigenvalue weighted by Gasteiger charge is 2.34. The standard InChI is InChI=1S/C12H17F3N2O/c1-17(7-9(16)8-18-2)11-6-4-3-5-10(11)12(13,14)15/h3-6,9H,7-8,16H2,1-2H3. The molecule has 102 valence electrons. The number of hydrogen-bond acceptors (Lipinski definition) is 3. The number of nitrogens with zero attached hydrogens (tertiary/aromatic N) is 1. The molecule has 2 N–H and O–H groups in total. The van der Waals surface area contributed by atoms with E-state index in [9.17, 15) is 13.2 Å². The summed E-state index contributed by atoms with van der Waals surface area (Å²) in [7, 11) is 3.09. The maximum Gasteiger partial charge on any atom is 0.418 e. The van der Waals surface area contributed by atoms with E-state index in [1.165, 1.54) is 24.1 Å². The van der Waals surface area contributed by atoms with Crippen molar-refractivity contribution in [2.24, 2.45) is 5.73 Å². The average molecular weight is 262 g/mol. The number of para-hydroxylation sites is 1. The Balaban J connectivity index is 2.89. The van der Waals surface area contributed by atoms with Crippen LogP contribution in [-0.4, -0.2) is 33.4 Å². The van der Waals surface area contributed by atoms with E-state index >= 15 is 0 Å². The Hall–Kier alpha value is -1.27. The van der Waals surface area contributed by atoms with Gasteiger partial charge in [-0.3, -0.25) is 0 Å². The highest BCUT2D eigenvalue weighted by molar-refractivity contribution is 5.54. The van der Waals surface area contributed by atoms with Crippen molar-refractivity contribution in [3.05, 3.63) is 29.8 Å². The molecule has 0 heterocycles. The molecule has 3 nitrogen and oxygen atoms in total. The van der Waals surface area contributed by atoms with Crippen LogP contribution in [0.4, 0.5) is 18.9 Å². The molecule has 6 heteroatoms. The Kier molecular flexibility index (Phi) is 4.98. The van der Waals surface area contributed by atoms with Crippen LogP contribution in [0, 0.1) is 0 Å². The monoisotopic (exact) mass is 262 g/mol. The molecule has 0 bridgehead atoms. The first kappa shape index (κ1) is 14.8. The number of halogens is 3. The molecule has 1 aromatic rings. The summed E-state index contributed by atoms with van der Waals surface area (Å²) >= 11 is 0. The van der Waals surface area contributed by atoms with Gasteiger partial charge in [-0.1, -0.05) is 12.1 Å². The van der Waals surface area contributed by atoms with Gasteiger partial charge >= 0.3 is 6.18 Å². The molecular formula is C12H17F3N2O. The second-order valence-electron chi connectivity index (χ2n) is 4.11. The Morgan fingerprint density at radius 3 is 2.50 bits per heavy atom. The quantitative estimate of drug-likeness (QED) is 0.883. The first-order valence-corrected chi connectivity index (χ1v) is 5.48. The van der Waals surface area contributed by atoms with Crippen LogP contribution in [0.15, 0.2) is 24.3 Å². The van der Waals surface area contributed by atoms with Gasteiger partial charge in [0.05, 0.1) is 12.2 Å². The highest BCUT2D eigenvalue weighted by Crippen LogP contribution is 2.35. The number of rotatable bonds is 5. The molecule has 0 radical (unpaired) electrons. The van der Waals surface area contributed by atoms with Crippen molar-refractivity contribution < 1.29 is 17.9 Å². The molecule has 0 fully saturated rings. The van der Waals surface area contributed by atoms with Gasteiger partial charge in [0.2, 0.25) is 0 Å². The summed E-state index contributed by atoms with van der Waals surface area (Å²) in [4.78, 5) is 1.49. The zero-order valence-electron chi connectivity index (χ0n) is 10.4. The van der Waals surface area contributed by atoms with Crippen LogP contribution in [0.25, 0.3) is 0 Å². The molecule has 0 saturated heterocycles. The maximum atomic E-state index is 12.8. The number of methoxy groups -OCH3 is 1. The predicted molar refractivity (Wildman–Crippen MR) is 64.6 cm³/mol. The van der Waals surface area contributed by atoms with Gasteiger partial charge in [-0.2, -0.15) is 13.2 Å². The van der Waals surface area contributed by atoms with E-state index < -0.39 is 11.7 Å². The van der Waals surface area contributed by atoms with Crippen molar-refractivity contribution in [2.75, 3.05) is 32.2 Å². The lowest BCUT2D eigenvalue weighted by atomic mass is 10.1. The van der Waals surface area contributed by atoms with Crippen molar-refractivity contribution in [3.8, 4) is 0 Å². The lowest BCUT2D eigenvalue weighted by Gasteiger charge is -2.26. The number of anilines is 1. The van der Waals surface area contributed by atoms with Crippen LogP contribution in [0.2, 0.25) is 0 Å². The maximum absolute atomic E-state index is 12.8. The molecule has 18 heavy (non-hydrogen) atoms. The van der Waals surface area contributed by atoms with Crippen LogP contribution < -0.4 is 10.6 Å². The van der Waals surface area contributed by atoms with E-state index in [1.54, 1.807) is 13.1 Å². The minimum Gasteiger partial charge on any atom is -0.383 e. The summed E-state index contributed by atoms with van der Waals surface area (Å²) in [6.07, 6.45) is -4.36. The second-order valence-corrected chi connectivity index (χ2v) is 4.11. The molecule has 1 unspecified atom stereocenters. The lowest BCUT2D eigenvalue weighted by molar-refractivity contribution is -0.137. The third-order valence-corrected chi connectivity index (χ3v) is 2.51. The van der Waals surface area contributed by atoms with Gasteiger partial charge in [0, 0.05) is 32.4 Å². The van der Waals surface area contributed by atoms with Gasteiger partial charge in [0.25, 0.3) is 0 Å². The van der Waals surface area contributed by atoms with Gasteiger partial charge in [-0.15, -0.1) is 0 Å². The molecule has 0 aliphatic rings. The molecule has 0 aromatic heterocycles. The number of likely N-dealkylation sites (N-methyl/N-ethyl adjacent to an activating group) is 1. The van der Waals surface area contributed by atoms with Crippen molar-refractivity contribution >= 4 is 5.69 Å². The summed E-state index contributed by atoms with van der Waals surface area (Å²) in [6, 6.07) is 5.11. The SMILES string of the molecule is COCC(N)CN(C)c1ccccc1C(F)(F)F. The normalized spacial score (nSPS) is 13.4. The zero-order chi connectivity index (χ0) is 13.8. The third kappa shape index (κ3) is 3.89. The highest BCUT2D eigenvalue weighted by atomic mass is 19.4. The van der Waals surface area contributed by atoms with Crippen LogP contribution in [0.3, 0.4) is 0 Å². The molecule has 1 atom stereocenters. The average Bonchev–Trinajstić information content (AvgIpc) is 2.28. The Morgan fingerprint density at radius 2 is 1.94 bits per heavy atom. The molecule has 1 aromatic carbocycles. The molecule has 0 aliphatic heterocycles. The smallest absolute Gasteiger partial charge is 0.383 e. The topological polar surface area (TPSA) is 38.5 Å². The fraction of sp³-hybridized carbons (Fsp3) is 0.500. The van der Waals surface area contributed by atoms with Crippen molar-refractivity contribution in [3.63, 3.8) is 0 Å². The van der Waals surface area contributed by atoms with Crippen LogP contribution in [0.5, 0.6) is 0 Å². The van der Waals surface area contributed by atoms with E-state index in [1.807, 2.05) is 0 Å². The largest absolute Gasteiger partial charge is 0.418 e. The van der Waals surface area contributed by atoms with Gasteiger partial charge in [-0.05, 0) is 12.1 Å². The molecule has 0 aliphatic carbocycles. The zero-order valence-corrected chi connectivity index (χ0v) is 10.4. The third-order valence-electron chi connectivity index (χ3n) is 2.51. The van der Waals surface area contributed by atoms with Crippen LogP contribution in [-0.2, 0) is 10.9 Å². The molecule has 0 saturated carbocycles. The minimum absolute atomic E-state index is 0.122. The van der Waals surface area contributed by atoms with Gasteiger partial charge in [0.1, 0.15) is 0 Å². The van der Waals surface area contributed by atoms with E-state index in [-0.39, 0.29) is 11.7 Å². The van der Waals surface area contributed by atoms with Gasteiger partial charge < -0.3 is 15.4 Å². The van der Waals surface area contributed by atoms with Gasteiger partial charge in [0.15, 0.2) is 0 Å². The number of benzene rings is 1. The number of ether oxygens (including phenoxy) is 1. The molecular weight excluding hydrogens is 245 g/mol. The summed E-state index contributed by atoms with van der Waals surface area (Å²) in [5, 5.41) is 0. The van der Waals surface area contributed by atoms with Crippen LogP contribution >= 0.6 is 0 Å². The molecule has 0 spiro atoms. The van der Waals surface area contributed by atoms with E-state index in [0.717, 1.165) is 6.07 Å². The first-order chi connectivity index (χ1) is 8.36. The van der Waals surface area contributed by atoms with Crippen LogP contribution in [0.1, 0.15) is 5.56 Å². The minimum atomic E-state index is -4.36. The van der Waals surface area contributed by atoms with E-state index in [2.05, 4.69) is 0 Å². The number of hydrogen-bond donors (Lipinski definition) is 1. The Bertz CT molecular complexity index is 382. The summed E-state index contributed by atoms with van der Waals surface area (Å²) in [6.45, 7) is 0.597. The molecule has 0 amide bonds. The number of nitrogens with two attached hydrogens (primary N) is 1. The number of alkyl halides is 3. The van der Waals surface area contributed by atoms with Crippen molar-refractivity contribution in [1.82, 2.24) is 0 Å².